The molecule has 1 heteroatoms. The molecular formula is C7H13N. The van der Waals surface area contributed by atoms with Gasteiger partial charge in [0, 0.05) is 12.2 Å². The van der Waals surface area contributed by atoms with Crippen LogP contribution in [0, 0.1) is 5.92 Å². The molecule has 1 fully saturated rings. The molecule has 46 valence electrons. The number of allylic oxidation sites excluding steroid dienone is 1. The Morgan fingerprint density at radius 3 is 2.88 bits per heavy atom. The fourth-order valence-electron chi connectivity index (χ4n) is 1.07. The van der Waals surface area contributed by atoms with Crippen molar-refractivity contribution >= 4 is 0 Å². The summed E-state index contributed by atoms with van der Waals surface area (Å²) in [6, 6.07) is 0. The van der Waals surface area contributed by atoms with Gasteiger partial charge in [0.25, 0.3) is 0 Å². The van der Waals surface area contributed by atoms with Crippen molar-refractivity contribution in [1.29, 1.82) is 0 Å². The van der Waals surface area contributed by atoms with E-state index in [0.29, 0.717) is 0 Å². The molecule has 1 nitrogen and oxygen atoms in total. The molecule has 0 spiro atoms. The maximum absolute atomic E-state index is 3.84. The van der Waals surface area contributed by atoms with E-state index in [2.05, 4.69) is 18.8 Å². The lowest BCUT2D eigenvalue weighted by molar-refractivity contribution is 0.566. The van der Waals surface area contributed by atoms with Gasteiger partial charge in [-0.1, -0.05) is 19.9 Å². The van der Waals surface area contributed by atoms with Crippen molar-refractivity contribution in [3.63, 3.8) is 0 Å². The molecule has 1 heterocycles. The Labute approximate surface area is 50.8 Å². The van der Waals surface area contributed by atoms with Gasteiger partial charge in [-0.05, 0) is 12.3 Å². The second kappa shape index (κ2) is 2.21. The molecule has 0 saturated carbocycles. The van der Waals surface area contributed by atoms with Gasteiger partial charge in [0.05, 0.1) is 0 Å². The second-order valence-electron chi connectivity index (χ2n) is 2.46. The van der Waals surface area contributed by atoms with E-state index in [1.807, 2.05) is 0 Å². The van der Waals surface area contributed by atoms with Crippen molar-refractivity contribution in [3.8, 4) is 0 Å². The van der Waals surface area contributed by atoms with Gasteiger partial charge in [0.1, 0.15) is 0 Å². The molecule has 1 saturated heterocycles. The van der Waals surface area contributed by atoms with Crippen LogP contribution in [0.4, 0.5) is 0 Å². The number of nitrogens with one attached hydrogen (secondary N) is 1. The molecule has 1 aliphatic rings. The summed E-state index contributed by atoms with van der Waals surface area (Å²) in [7, 11) is 0. The Kier molecular flexibility index (Phi) is 1.56. The highest BCUT2D eigenvalue weighted by Crippen LogP contribution is 2.17. The molecule has 1 unspecified atom stereocenters. The third-order valence-corrected chi connectivity index (χ3v) is 1.75. The van der Waals surface area contributed by atoms with Crippen LogP contribution in [0.1, 0.15) is 19.8 Å². The molecular weight excluding hydrogens is 98.1 g/mol. The summed E-state index contributed by atoms with van der Waals surface area (Å²) in [5, 5.41) is 3.23. The average molecular weight is 111 g/mol. The van der Waals surface area contributed by atoms with Crippen molar-refractivity contribution in [2.75, 3.05) is 6.54 Å². The van der Waals surface area contributed by atoms with Gasteiger partial charge in [-0.3, -0.25) is 0 Å². The summed E-state index contributed by atoms with van der Waals surface area (Å²) >= 11 is 0. The van der Waals surface area contributed by atoms with Gasteiger partial charge in [-0.15, -0.1) is 0 Å². The number of rotatable bonds is 1. The van der Waals surface area contributed by atoms with Crippen LogP contribution in [-0.4, -0.2) is 6.54 Å². The summed E-state index contributed by atoms with van der Waals surface area (Å²) in [5.74, 6) is 0.863. The van der Waals surface area contributed by atoms with Crippen LogP contribution in [0.5, 0.6) is 0 Å². The molecule has 1 atom stereocenters. The summed E-state index contributed by atoms with van der Waals surface area (Å²) in [6.07, 6.45) is 2.47. The third kappa shape index (κ3) is 1.03. The Morgan fingerprint density at radius 2 is 2.62 bits per heavy atom. The van der Waals surface area contributed by atoms with Crippen molar-refractivity contribution in [3.05, 3.63) is 12.3 Å². The van der Waals surface area contributed by atoms with Gasteiger partial charge >= 0.3 is 0 Å². The smallest absolute Gasteiger partial charge is 0.0175 e. The van der Waals surface area contributed by atoms with Crippen molar-refractivity contribution in [2.24, 2.45) is 5.92 Å². The molecule has 8 heavy (non-hydrogen) atoms. The zero-order valence-corrected chi connectivity index (χ0v) is 5.41. The zero-order chi connectivity index (χ0) is 5.98. The van der Waals surface area contributed by atoms with E-state index in [9.17, 15) is 0 Å². The summed E-state index contributed by atoms with van der Waals surface area (Å²) in [5.41, 5.74) is 1.22. The minimum Gasteiger partial charge on any atom is -0.389 e. The summed E-state index contributed by atoms with van der Waals surface area (Å²) in [6.45, 7) is 7.22. The molecule has 0 aromatic heterocycles. The van der Waals surface area contributed by atoms with Crippen molar-refractivity contribution < 1.29 is 0 Å². The van der Waals surface area contributed by atoms with Crippen LogP contribution in [0.2, 0.25) is 0 Å². The average Bonchev–Trinajstić information content (AvgIpc) is 2.14. The molecule has 1 N–H and O–H groups in total. The van der Waals surface area contributed by atoms with Crippen LogP contribution in [0.25, 0.3) is 0 Å². The molecule has 0 amide bonds. The highest BCUT2D eigenvalue weighted by molar-refractivity contribution is 4.99. The van der Waals surface area contributed by atoms with E-state index in [0.717, 1.165) is 12.5 Å². The first-order chi connectivity index (χ1) is 3.83. The van der Waals surface area contributed by atoms with Gasteiger partial charge in [0.2, 0.25) is 0 Å². The van der Waals surface area contributed by atoms with Crippen molar-refractivity contribution in [1.82, 2.24) is 5.32 Å². The Morgan fingerprint density at radius 1 is 1.88 bits per heavy atom. The summed E-state index contributed by atoms with van der Waals surface area (Å²) in [4.78, 5) is 0. The quantitative estimate of drug-likeness (QED) is 0.541. The second-order valence-corrected chi connectivity index (χ2v) is 2.46. The topological polar surface area (TPSA) is 12.0 Å². The molecule has 0 bridgehead atoms. The maximum Gasteiger partial charge on any atom is 0.0175 e. The lowest BCUT2D eigenvalue weighted by atomic mass is 10.1. The minimum absolute atomic E-state index is 0.863. The molecule has 0 aromatic carbocycles. The predicted octanol–water partition coefficient (Wildman–Crippen LogP) is 1.52. The Balaban J connectivity index is 2.32. The standard InChI is InChI=1S/C7H13N/c1-3-7-4-6(2)8-5-7/h7-8H,2-5H2,1H3. The first kappa shape index (κ1) is 5.67. The highest BCUT2D eigenvalue weighted by Gasteiger charge is 2.13. The minimum atomic E-state index is 0.863. The number of hydrogen-bond acceptors (Lipinski definition) is 1. The van der Waals surface area contributed by atoms with E-state index < -0.39 is 0 Å². The fraction of sp³-hybridized carbons (Fsp3) is 0.714. The van der Waals surface area contributed by atoms with E-state index >= 15 is 0 Å². The fourth-order valence-corrected chi connectivity index (χ4v) is 1.07. The van der Waals surface area contributed by atoms with Crippen LogP contribution in [0.3, 0.4) is 0 Å². The SMILES string of the molecule is C=C1CC(CC)CN1. The van der Waals surface area contributed by atoms with Gasteiger partial charge in [0.15, 0.2) is 0 Å². The first-order valence-electron chi connectivity index (χ1n) is 3.24. The van der Waals surface area contributed by atoms with Crippen LogP contribution < -0.4 is 5.32 Å². The van der Waals surface area contributed by atoms with Crippen molar-refractivity contribution in [2.45, 2.75) is 19.8 Å². The van der Waals surface area contributed by atoms with E-state index in [4.69, 9.17) is 0 Å². The molecule has 0 radical (unpaired) electrons. The monoisotopic (exact) mass is 111 g/mol. The Bertz CT molecular complexity index is 96.6. The van der Waals surface area contributed by atoms with Gasteiger partial charge in [-0.2, -0.15) is 0 Å². The van der Waals surface area contributed by atoms with Crippen LogP contribution >= 0.6 is 0 Å². The Hall–Kier alpha value is -0.460. The lowest BCUT2D eigenvalue weighted by Gasteiger charge is -1.98. The summed E-state index contributed by atoms with van der Waals surface area (Å²) < 4.78 is 0. The van der Waals surface area contributed by atoms with Crippen LogP contribution in [-0.2, 0) is 0 Å². The molecule has 1 rings (SSSR count). The largest absolute Gasteiger partial charge is 0.389 e. The third-order valence-electron chi connectivity index (χ3n) is 1.75. The van der Waals surface area contributed by atoms with Gasteiger partial charge in [-0.25, -0.2) is 0 Å². The first-order valence-corrected chi connectivity index (χ1v) is 3.24. The van der Waals surface area contributed by atoms with E-state index in [-0.39, 0.29) is 0 Å². The molecule has 0 aromatic rings. The lowest BCUT2D eigenvalue weighted by Crippen LogP contribution is -2.06. The highest BCUT2D eigenvalue weighted by atomic mass is 14.9. The van der Waals surface area contributed by atoms with Crippen LogP contribution in [0.15, 0.2) is 12.3 Å². The normalized spacial score (nSPS) is 28.1. The number of hydrogen-bond donors (Lipinski definition) is 1. The maximum atomic E-state index is 3.84. The van der Waals surface area contributed by atoms with E-state index in [1.54, 1.807) is 0 Å². The zero-order valence-electron chi connectivity index (χ0n) is 5.41. The van der Waals surface area contributed by atoms with E-state index in [1.165, 1.54) is 18.5 Å². The molecule has 1 aliphatic heterocycles. The predicted molar refractivity (Wildman–Crippen MR) is 35.5 cm³/mol. The van der Waals surface area contributed by atoms with Gasteiger partial charge < -0.3 is 5.32 Å². The molecule has 0 aliphatic carbocycles.